The summed E-state index contributed by atoms with van der Waals surface area (Å²) in [6.45, 7) is 9.14. The van der Waals surface area contributed by atoms with E-state index in [9.17, 15) is 0 Å². The van der Waals surface area contributed by atoms with E-state index >= 15 is 0 Å². The molecule has 1 aliphatic heterocycles. The van der Waals surface area contributed by atoms with Gasteiger partial charge in [-0.15, -0.1) is 0 Å². The summed E-state index contributed by atoms with van der Waals surface area (Å²) < 4.78 is 0. The van der Waals surface area contributed by atoms with Gasteiger partial charge in [0.2, 0.25) is 0 Å². The highest BCUT2D eigenvalue weighted by Gasteiger charge is 1.92. The predicted molar refractivity (Wildman–Crippen MR) is 42.6 cm³/mol. The fourth-order valence-electron chi connectivity index (χ4n) is 0.177. The van der Waals surface area contributed by atoms with E-state index in [1.165, 1.54) is 25.9 Å². The third-order valence-electron chi connectivity index (χ3n) is 1.52. The van der Waals surface area contributed by atoms with Crippen molar-refractivity contribution in [2.75, 3.05) is 13.1 Å². The first kappa shape index (κ1) is 8.96. The Kier molecular flexibility index (Phi) is 6.06. The van der Waals surface area contributed by atoms with Crippen molar-refractivity contribution in [2.45, 2.75) is 33.6 Å². The molecule has 1 heteroatoms. The lowest BCUT2D eigenvalue weighted by molar-refractivity contribution is 0.527. The van der Waals surface area contributed by atoms with Crippen LogP contribution >= 0.6 is 0 Å². The molecule has 0 saturated carbocycles. The second kappa shape index (κ2) is 6.09. The van der Waals surface area contributed by atoms with Gasteiger partial charge in [0, 0.05) is 0 Å². The summed E-state index contributed by atoms with van der Waals surface area (Å²) in [7, 11) is 0. The smallest absolute Gasteiger partial charge is 0.00368 e. The molecule has 1 nitrogen and oxygen atoms in total. The number of rotatable bonds is 1. The summed E-state index contributed by atoms with van der Waals surface area (Å²) in [4.78, 5) is 0. The zero-order chi connectivity index (χ0) is 7.11. The molecule has 0 unspecified atom stereocenters. The molecule has 1 N–H and O–H groups in total. The Bertz CT molecular complexity index is 42.5. The van der Waals surface area contributed by atoms with E-state index in [4.69, 9.17) is 0 Å². The molecule has 1 heterocycles. The van der Waals surface area contributed by atoms with Gasteiger partial charge in [0.25, 0.3) is 0 Å². The molecular weight excluding hydrogens is 110 g/mol. The first-order valence-corrected chi connectivity index (χ1v) is 3.98. The van der Waals surface area contributed by atoms with Gasteiger partial charge in [-0.05, 0) is 25.4 Å². The molecular formula is C8H19N. The summed E-state index contributed by atoms with van der Waals surface area (Å²) in [5.74, 6) is 0.884. The highest BCUT2D eigenvalue weighted by molar-refractivity contribution is 4.56. The van der Waals surface area contributed by atoms with Crippen LogP contribution in [0.4, 0.5) is 0 Å². The maximum absolute atomic E-state index is 3.11. The minimum atomic E-state index is 0.884. The first-order chi connectivity index (χ1) is 4.27. The van der Waals surface area contributed by atoms with Gasteiger partial charge in [-0.1, -0.05) is 27.2 Å². The molecule has 0 bridgehead atoms. The zero-order valence-corrected chi connectivity index (χ0v) is 6.91. The molecule has 1 aliphatic rings. The van der Waals surface area contributed by atoms with Crippen molar-refractivity contribution in [3.05, 3.63) is 0 Å². The maximum atomic E-state index is 3.11. The quantitative estimate of drug-likeness (QED) is 0.571. The highest BCUT2D eigenvalue weighted by Crippen LogP contribution is 1.93. The number of hydrogen-bond donors (Lipinski definition) is 1. The second-order valence-corrected chi connectivity index (χ2v) is 2.91. The Hall–Kier alpha value is -0.0400. The van der Waals surface area contributed by atoms with Crippen molar-refractivity contribution in [1.82, 2.24) is 5.32 Å². The van der Waals surface area contributed by atoms with Gasteiger partial charge < -0.3 is 5.32 Å². The fraction of sp³-hybridized carbons (Fsp3) is 1.00. The average Bonchev–Trinajstić information content (AvgIpc) is 1.61. The molecule has 0 radical (unpaired) electrons. The van der Waals surface area contributed by atoms with Crippen LogP contribution in [0, 0.1) is 5.92 Å². The topological polar surface area (TPSA) is 12.0 Å². The average molecular weight is 129 g/mol. The minimum Gasteiger partial charge on any atom is -0.317 e. The highest BCUT2D eigenvalue weighted by atomic mass is 14.9. The van der Waals surface area contributed by atoms with Gasteiger partial charge in [0.1, 0.15) is 0 Å². The van der Waals surface area contributed by atoms with Crippen LogP contribution in [0.2, 0.25) is 0 Å². The van der Waals surface area contributed by atoms with Crippen LogP contribution in [0.5, 0.6) is 0 Å². The van der Waals surface area contributed by atoms with E-state index in [0.717, 1.165) is 5.92 Å². The Morgan fingerprint density at radius 2 is 1.56 bits per heavy atom. The molecule has 0 aromatic rings. The lowest BCUT2D eigenvalue weighted by Gasteiger charge is -2.09. The van der Waals surface area contributed by atoms with Crippen molar-refractivity contribution >= 4 is 0 Å². The zero-order valence-electron chi connectivity index (χ0n) is 6.91. The van der Waals surface area contributed by atoms with Crippen molar-refractivity contribution in [3.63, 3.8) is 0 Å². The molecule has 1 fully saturated rings. The monoisotopic (exact) mass is 129 g/mol. The molecule has 1 rings (SSSR count). The minimum absolute atomic E-state index is 0.884. The van der Waals surface area contributed by atoms with E-state index < -0.39 is 0 Å². The molecule has 0 aromatic heterocycles. The third kappa shape index (κ3) is 7.96. The predicted octanol–water partition coefficient (Wildman–Crippen LogP) is 2.03. The van der Waals surface area contributed by atoms with Crippen LogP contribution in [0.25, 0.3) is 0 Å². The van der Waals surface area contributed by atoms with Crippen LogP contribution in [0.15, 0.2) is 0 Å². The van der Waals surface area contributed by atoms with E-state index in [2.05, 4.69) is 26.1 Å². The fourth-order valence-corrected chi connectivity index (χ4v) is 0.177. The van der Waals surface area contributed by atoms with Gasteiger partial charge in [0.15, 0.2) is 0 Å². The largest absolute Gasteiger partial charge is 0.317 e. The van der Waals surface area contributed by atoms with Crippen molar-refractivity contribution in [2.24, 2.45) is 5.92 Å². The second-order valence-electron chi connectivity index (χ2n) is 2.91. The molecule has 0 spiro atoms. The Balaban J connectivity index is 0.000000144. The standard InChI is InChI=1S/C5H12.C3H7N/c1-4-5(2)3;1-2-4-3-1/h5H,4H2,1-3H3;4H,1-3H2. The van der Waals surface area contributed by atoms with Crippen LogP contribution in [-0.4, -0.2) is 13.1 Å². The van der Waals surface area contributed by atoms with Crippen LogP contribution in [-0.2, 0) is 0 Å². The summed E-state index contributed by atoms with van der Waals surface area (Å²) in [5.41, 5.74) is 0. The molecule has 0 atom stereocenters. The maximum Gasteiger partial charge on any atom is -0.00368 e. The summed E-state index contributed by atoms with van der Waals surface area (Å²) in [5, 5.41) is 3.11. The Morgan fingerprint density at radius 1 is 1.33 bits per heavy atom. The molecule has 9 heavy (non-hydrogen) atoms. The lowest BCUT2D eigenvalue weighted by atomic mass is 10.2. The SMILES string of the molecule is C1CNC1.CCC(C)C. The normalized spacial score (nSPS) is 16.0. The van der Waals surface area contributed by atoms with Crippen LogP contribution < -0.4 is 5.32 Å². The lowest BCUT2D eigenvalue weighted by Crippen LogP contribution is -2.29. The molecule has 0 amide bonds. The van der Waals surface area contributed by atoms with E-state index in [1.54, 1.807) is 0 Å². The van der Waals surface area contributed by atoms with Crippen molar-refractivity contribution in [1.29, 1.82) is 0 Å². The van der Waals surface area contributed by atoms with E-state index in [1.807, 2.05) is 0 Å². The van der Waals surface area contributed by atoms with Crippen LogP contribution in [0.3, 0.4) is 0 Å². The molecule has 0 aromatic carbocycles. The Morgan fingerprint density at radius 3 is 1.56 bits per heavy atom. The van der Waals surface area contributed by atoms with Crippen LogP contribution in [0.1, 0.15) is 33.6 Å². The Labute approximate surface area is 58.8 Å². The number of hydrogen-bond acceptors (Lipinski definition) is 1. The van der Waals surface area contributed by atoms with Gasteiger partial charge in [-0.25, -0.2) is 0 Å². The van der Waals surface area contributed by atoms with Crippen molar-refractivity contribution < 1.29 is 0 Å². The summed E-state index contributed by atoms with van der Waals surface area (Å²) >= 11 is 0. The van der Waals surface area contributed by atoms with Gasteiger partial charge in [-0.3, -0.25) is 0 Å². The third-order valence-corrected chi connectivity index (χ3v) is 1.52. The van der Waals surface area contributed by atoms with Gasteiger partial charge >= 0.3 is 0 Å². The summed E-state index contributed by atoms with van der Waals surface area (Å²) in [6.07, 6.45) is 2.69. The van der Waals surface area contributed by atoms with Gasteiger partial charge in [-0.2, -0.15) is 0 Å². The van der Waals surface area contributed by atoms with Gasteiger partial charge in [0.05, 0.1) is 0 Å². The molecule has 0 aliphatic carbocycles. The van der Waals surface area contributed by atoms with E-state index in [0.29, 0.717) is 0 Å². The van der Waals surface area contributed by atoms with Crippen molar-refractivity contribution in [3.8, 4) is 0 Å². The number of nitrogens with one attached hydrogen (secondary N) is 1. The summed E-state index contributed by atoms with van der Waals surface area (Å²) in [6, 6.07) is 0. The van der Waals surface area contributed by atoms with E-state index in [-0.39, 0.29) is 0 Å². The molecule has 56 valence electrons. The first-order valence-electron chi connectivity index (χ1n) is 3.98. The molecule has 1 saturated heterocycles.